The van der Waals surface area contributed by atoms with Crippen LogP contribution in [0.15, 0.2) is 104 Å². The van der Waals surface area contributed by atoms with Crippen molar-refractivity contribution in [1.29, 1.82) is 0 Å². The highest BCUT2D eigenvalue weighted by atomic mass is 16.5. The van der Waals surface area contributed by atoms with Crippen LogP contribution in [0.2, 0.25) is 0 Å². The van der Waals surface area contributed by atoms with Crippen molar-refractivity contribution in [3.05, 3.63) is 132 Å². The standard InChI is InChI=1S/C16H16O3.C10H12O3.C8H8O3.C2H4/c1-3-12-8-7-11-14(18-2)15(12)16(17)19-13-9-5-4-6-10-13;1-3-7-5-4-6-8(13-2)9(7)10(11)12;1-11-7-5-3-2-4-6(7)8(9)10;1-2/h4-11H,3H2,1-2H3;4-6H,3H2,1-2H3,(H,11,12);2-5H,1H3,(H,9,10);1-2H2. The van der Waals surface area contributed by atoms with Crippen LogP contribution in [0.5, 0.6) is 23.0 Å². The van der Waals surface area contributed by atoms with Gasteiger partial charge in [0, 0.05) is 0 Å². The van der Waals surface area contributed by atoms with Crippen molar-refractivity contribution in [2.75, 3.05) is 21.3 Å². The molecule has 45 heavy (non-hydrogen) atoms. The molecule has 0 aliphatic carbocycles. The van der Waals surface area contributed by atoms with Crippen LogP contribution < -0.4 is 18.9 Å². The Morgan fingerprint density at radius 1 is 0.578 bits per heavy atom. The summed E-state index contributed by atoms with van der Waals surface area (Å²) in [4.78, 5) is 33.7. The molecular weight excluding hydrogens is 576 g/mol. The zero-order chi connectivity index (χ0) is 33.8. The number of hydrogen-bond acceptors (Lipinski definition) is 7. The van der Waals surface area contributed by atoms with E-state index >= 15 is 0 Å². The minimum absolute atomic E-state index is 0.190. The molecule has 0 aliphatic rings. The van der Waals surface area contributed by atoms with Crippen molar-refractivity contribution in [3.63, 3.8) is 0 Å². The van der Waals surface area contributed by atoms with Crippen LogP contribution in [0.1, 0.15) is 56.0 Å². The summed E-state index contributed by atoms with van der Waals surface area (Å²) in [5.41, 5.74) is 2.67. The first-order valence-corrected chi connectivity index (χ1v) is 13.9. The number of carboxylic acids is 2. The van der Waals surface area contributed by atoms with E-state index in [0.29, 0.717) is 35.0 Å². The number of esters is 1. The van der Waals surface area contributed by atoms with Crippen LogP contribution >= 0.6 is 0 Å². The molecule has 4 aromatic carbocycles. The summed E-state index contributed by atoms with van der Waals surface area (Å²) >= 11 is 0. The fourth-order valence-corrected chi connectivity index (χ4v) is 4.02. The SMILES string of the molecule is C=C.CCc1cccc(OC)c1C(=O)O.CCc1cccc(OC)c1C(=O)Oc1ccccc1.COc1ccccc1C(=O)O. The zero-order valence-corrected chi connectivity index (χ0v) is 26.2. The van der Waals surface area contributed by atoms with Gasteiger partial charge in [0.05, 0.1) is 21.3 Å². The fraction of sp³-hybridized carbons (Fsp3) is 0.194. The number of methoxy groups -OCH3 is 3. The molecule has 0 radical (unpaired) electrons. The zero-order valence-electron chi connectivity index (χ0n) is 26.2. The van der Waals surface area contributed by atoms with Crippen molar-refractivity contribution >= 4 is 17.9 Å². The predicted octanol–water partition coefficient (Wildman–Crippen LogP) is 7.63. The van der Waals surface area contributed by atoms with Gasteiger partial charge in [-0.3, -0.25) is 0 Å². The number of rotatable bonds is 9. The van der Waals surface area contributed by atoms with Crippen molar-refractivity contribution in [2.24, 2.45) is 0 Å². The summed E-state index contributed by atoms with van der Waals surface area (Å²) in [6.07, 6.45) is 1.44. The lowest BCUT2D eigenvalue weighted by molar-refractivity contribution is 0.0681. The van der Waals surface area contributed by atoms with Gasteiger partial charge in [-0.2, -0.15) is 0 Å². The van der Waals surface area contributed by atoms with E-state index in [0.717, 1.165) is 17.5 Å². The second-order valence-corrected chi connectivity index (χ2v) is 8.71. The molecule has 238 valence electrons. The van der Waals surface area contributed by atoms with Crippen molar-refractivity contribution < 1.29 is 43.5 Å². The van der Waals surface area contributed by atoms with Crippen molar-refractivity contribution in [3.8, 4) is 23.0 Å². The summed E-state index contributed by atoms with van der Waals surface area (Å²) in [7, 11) is 4.47. The monoisotopic (exact) mass is 616 g/mol. The fourth-order valence-electron chi connectivity index (χ4n) is 4.02. The maximum Gasteiger partial charge on any atom is 0.347 e. The Morgan fingerprint density at radius 3 is 1.47 bits per heavy atom. The molecular formula is C36H40O9. The summed E-state index contributed by atoms with van der Waals surface area (Å²) in [6.45, 7) is 9.91. The van der Waals surface area contributed by atoms with E-state index < -0.39 is 11.9 Å². The molecule has 0 saturated heterocycles. The molecule has 0 atom stereocenters. The van der Waals surface area contributed by atoms with Crippen molar-refractivity contribution in [2.45, 2.75) is 26.7 Å². The molecule has 0 fully saturated rings. The van der Waals surface area contributed by atoms with Crippen LogP contribution in [0.3, 0.4) is 0 Å². The van der Waals surface area contributed by atoms with Gasteiger partial charge < -0.3 is 29.2 Å². The maximum atomic E-state index is 12.3. The first-order chi connectivity index (χ1) is 21.7. The Labute approximate surface area is 264 Å². The molecule has 0 heterocycles. The van der Waals surface area contributed by atoms with E-state index in [1.54, 1.807) is 61.7 Å². The molecule has 0 bridgehead atoms. The lowest BCUT2D eigenvalue weighted by Gasteiger charge is -2.12. The molecule has 4 aromatic rings. The Hall–Kier alpha value is -5.57. The van der Waals surface area contributed by atoms with Gasteiger partial charge in [-0.05, 0) is 60.4 Å². The first-order valence-electron chi connectivity index (χ1n) is 13.9. The molecule has 0 saturated carbocycles. The van der Waals surface area contributed by atoms with Gasteiger partial charge in [-0.1, -0.05) is 68.4 Å². The highest BCUT2D eigenvalue weighted by molar-refractivity contribution is 5.95. The van der Waals surface area contributed by atoms with Crippen LogP contribution in [0.4, 0.5) is 0 Å². The number of carboxylic acid groups (broad SMARTS) is 2. The summed E-state index contributed by atoms with van der Waals surface area (Å²) in [5, 5.41) is 17.5. The molecule has 0 aliphatic heterocycles. The smallest absolute Gasteiger partial charge is 0.347 e. The first kappa shape index (κ1) is 37.5. The number of aryl methyl sites for hydroxylation is 2. The summed E-state index contributed by atoms with van der Waals surface area (Å²) in [6, 6.07) is 26.3. The molecule has 0 spiro atoms. The molecule has 0 amide bonds. The number of ether oxygens (including phenoxy) is 4. The van der Waals surface area contributed by atoms with Gasteiger partial charge in [-0.25, -0.2) is 14.4 Å². The Balaban J connectivity index is 0.000000343. The molecule has 0 unspecified atom stereocenters. The lowest BCUT2D eigenvalue weighted by Crippen LogP contribution is -2.12. The van der Waals surface area contributed by atoms with Gasteiger partial charge in [0.2, 0.25) is 0 Å². The predicted molar refractivity (Wildman–Crippen MR) is 174 cm³/mol. The van der Waals surface area contributed by atoms with Gasteiger partial charge >= 0.3 is 17.9 Å². The van der Waals surface area contributed by atoms with Crippen LogP contribution in [0, 0.1) is 0 Å². The highest BCUT2D eigenvalue weighted by Gasteiger charge is 2.18. The van der Waals surface area contributed by atoms with E-state index in [1.807, 2.05) is 44.2 Å². The number of para-hydroxylation sites is 2. The van der Waals surface area contributed by atoms with Gasteiger partial charge in [0.15, 0.2) is 0 Å². The minimum Gasteiger partial charge on any atom is -0.496 e. The molecule has 2 N–H and O–H groups in total. The number of benzene rings is 4. The topological polar surface area (TPSA) is 129 Å². The quantitative estimate of drug-likeness (QED) is 0.111. The molecule has 9 nitrogen and oxygen atoms in total. The maximum absolute atomic E-state index is 12.3. The van der Waals surface area contributed by atoms with E-state index in [4.69, 9.17) is 29.2 Å². The third-order valence-electron chi connectivity index (χ3n) is 6.14. The van der Waals surface area contributed by atoms with Crippen LogP contribution in [-0.4, -0.2) is 49.5 Å². The van der Waals surface area contributed by atoms with Gasteiger partial charge in [0.25, 0.3) is 0 Å². The third-order valence-corrected chi connectivity index (χ3v) is 6.14. The number of carbonyl (C=O) groups is 3. The summed E-state index contributed by atoms with van der Waals surface area (Å²) in [5.74, 6) is -0.412. The molecule has 0 aromatic heterocycles. The second-order valence-electron chi connectivity index (χ2n) is 8.71. The largest absolute Gasteiger partial charge is 0.496 e. The van der Waals surface area contributed by atoms with Gasteiger partial charge in [0.1, 0.15) is 39.7 Å². The lowest BCUT2D eigenvalue weighted by atomic mass is 10.0. The van der Waals surface area contributed by atoms with Crippen LogP contribution in [-0.2, 0) is 12.8 Å². The van der Waals surface area contributed by atoms with E-state index in [2.05, 4.69) is 13.2 Å². The highest BCUT2D eigenvalue weighted by Crippen LogP contribution is 2.25. The average Bonchev–Trinajstić information content (AvgIpc) is 3.09. The molecule has 9 heteroatoms. The van der Waals surface area contributed by atoms with E-state index in [1.165, 1.54) is 20.3 Å². The molecule has 4 rings (SSSR count). The minimum atomic E-state index is -0.970. The van der Waals surface area contributed by atoms with Gasteiger partial charge in [-0.15, -0.1) is 13.2 Å². The normalized spacial score (nSPS) is 9.36. The van der Waals surface area contributed by atoms with Crippen LogP contribution in [0.25, 0.3) is 0 Å². The van der Waals surface area contributed by atoms with E-state index in [9.17, 15) is 14.4 Å². The number of aromatic carboxylic acids is 2. The van der Waals surface area contributed by atoms with E-state index in [-0.39, 0.29) is 17.1 Å². The summed E-state index contributed by atoms with van der Waals surface area (Å²) < 4.78 is 20.4. The van der Waals surface area contributed by atoms with Crippen molar-refractivity contribution in [1.82, 2.24) is 0 Å². The Morgan fingerprint density at radius 2 is 1.02 bits per heavy atom. The number of carbonyl (C=O) groups excluding carboxylic acids is 1. The number of hydrogen-bond donors (Lipinski definition) is 2. The third kappa shape index (κ3) is 11.2. The Kier molecular flexibility index (Phi) is 16.9. The Bertz CT molecular complexity index is 1470. The second kappa shape index (κ2) is 20.4. The average molecular weight is 617 g/mol.